The predicted molar refractivity (Wildman–Crippen MR) is 127 cm³/mol. The van der Waals surface area contributed by atoms with Crippen LogP contribution in [0.15, 0.2) is 96.8 Å². The first-order valence-corrected chi connectivity index (χ1v) is 10.8. The summed E-state index contributed by atoms with van der Waals surface area (Å²) in [6, 6.07) is 24.0. The molecule has 1 saturated heterocycles. The largest absolute Gasteiger partial charge is 0.507 e. The van der Waals surface area contributed by atoms with Crippen molar-refractivity contribution in [2.75, 3.05) is 0 Å². The van der Waals surface area contributed by atoms with Crippen molar-refractivity contribution in [2.24, 2.45) is 0 Å². The molecule has 0 bridgehead atoms. The molecule has 0 radical (unpaired) electrons. The zero-order valence-electron chi connectivity index (χ0n) is 18.1. The summed E-state index contributed by atoms with van der Waals surface area (Å²) >= 11 is 0. The topological polar surface area (TPSA) is 70.5 Å². The zero-order chi connectivity index (χ0) is 22.9. The first-order chi connectivity index (χ1) is 16.0. The highest BCUT2D eigenvalue weighted by atomic mass is 16.3. The van der Waals surface area contributed by atoms with Crippen LogP contribution in [0.2, 0.25) is 0 Å². The second-order valence-electron chi connectivity index (χ2n) is 8.26. The summed E-state index contributed by atoms with van der Waals surface area (Å²) in [6.45, 7) is 2.20. The van der Waals surface area contributed by atoms with E-state index in [0.717, 1.165) is 27.5 Å². The summed E-state index contributed by atoms with van der Waals surface area (Å²) in [5.41, 5.74) is 3.26. The fourth-order valence-electron chi connectivity index (χ4n) is 4.41. The van der Waals surface area contributed by atoms with Crippen molar-refractivity contribution in [1.29, 1.82) is 0 Å². The predicted octanol–water partition coefficient (Wildman–Crippen LogP) is 5.17. The van der Waals surface area contributed by atoms with Crippen LogP contribution in [0.5, 0.6) is 0 Å². The molecule has 1 N–H and O–H groups in total. The van der Waals surface area contributed by atoms with Gasteiger partial charge in [0, 0.05) is 24.5 Å². The van der Waals surface area contributed by atoms with E-state index in [1.54, 1.807) is 18.5 Å². The number of hydrogen-bond donors (Lipinski definition) is 1. The van der Waals surface area contributed by atoms with Gasteiger partial charge in [0.25, 0.3) is 11.7 Å². The number of aliphatic hydroxyl groups is 1. The van der Waals surface area contributed by atoms with E-state index in [1.807, 2.05) is 79.7 Å². The number of nitrogens with zero attached hydrogens (tertiary/aromatic N) is 2. The lowest BCUT2D eigenvalue weighted by atomic mass is 9.93. The number of ketones is 1. The molecule has 1 aliphatic rings. The SMILES string of the molecule is Cc1cccc(C2/C(=C(/O)c3ccc4ccccc4c3)C(=O)C(=O)N2Cc2ccncc2)c1. The number of fused-ring (bicyclic) bond motifs is 1. The lowest BCUT2D eigenvalue weighted by molar-refractivity contribution is -0.140. The van der Waals surface area contributed by atoms with Crippen molar-refractivity contribution in [1.82, 2.24) is 9.88 Å². The first kappa shape index (κ1) is 20.6. The number of amides is 1. The Morgan fingerprint density at radius 2 is 1.67 bits per heavy atom. The van der Waals surface area contributed by atoms with Gasteiger partial charge in [0.2, 0.25) is 0 Å². The van der Waals surface area contributed by atoms with Crippen molar-refractivity contribution < 1.29 is 14.7 Å². The monoisotopic (exact) mass is 434 g/mol. The average molecular weight is 434 g/mol. The minimum atomic E-state index is -0.690. The summed E-state index contributed by atoms with van der Waals surface area (Å²) in [7, 11) is 0. The Labute approximate surface area is 191 Å². The van der Waals surface area contributed by atoms with E-state index < -0.39 is 17.7 Å². The average Bonchev–Trinajstić information content (AvgIpc) is 3.09. The molecule has 162 valence electrons. The molecule has 4 aromatic rings. The maximum atomic E-state index is 13.2. The molecule has 5 heteroatoms. The van der Waals surface area contributed by atoms with Gasteiger partial charge in [0.15, 0.2) is 0 Å². The van der Waals surface area contributed by atoms with Crippen molar-refractivity contribution in [3.8, 4) is 0 Å². The summed E-state index contributed by atoms with van der Waals surface area (Å²) in [5.74, 6) is -1.47. The maximum absolute atomic E-state index is 13.2. The van der Waals surface area contributed by atoms with Gasteiger partial charge in [-0.25, -0.2) is 0 Å². The Kier molecular flexibility index (Phi) is 5.23. The molecule has 1 amide bonds. The van der Waals surface area contributed by atoms with Gasteiger partial charge in [-0.2, -0.15) is 0 Å². The third kappa shape index (κ3) is 3.78. The highest BCUT2D eigenvalue weighted by Gasteiger charge is 2.46. The molecule has 1 unspecified atom stereocenters. The molecular weight excluding hydrogens is 412 g/mol. The second kappa shape index (κ2) is 8.36. The second-order valence-corrected chi connectivity index (χ2v) is 8.26. The Balaban J connectivity index is 1.67. The van der Waals surface area contributed by atoms with Gasteiger partial charge in [-0.05, 0) is 47.0 Å². The highest BCUT2D eigenvalue weighted by molar-refractivity contribution is 6.46. The summed E-state index contributed by atoms with van der Waals surface area (Å²) in [5, 5.41) is 13.3. The molecule has 5 nitrogen and oxygen atoms in total. The zero-order valence-corrected chi connectivity index (χ0v) is 18.1. The third-order valence-electron chi connectivity index (χ3n) is 6.02. The standard InChI is InChI=1S/C28H22N2O3/c1-18-5-4-8-22(15-18)25-24(26(31)23-10-9-20-6-2-3-7-21(20)16-23)27(32)28(33)30(25)17-19-11-13-29-14-12-19/h2-16,25,31H,17H2,1H3/b26-24-. The molecular formula is C28H22N2O3. The number of hydrogen-bond acceptors (Lipinski definition) is 4. The number of Topliss-reactive ketones (excluding diaryl/α,β-unsaturated/α-hetero) is 1. The van der Waals surface area contributed by atoms with E-state index in [-0.39, 0.29) is 17.9 Å². The number of rotatable bonds is 4. The Bertz CT molecular complexity index is 1410. The minimum absolute atomic E-state index is 0.106. The lowest BCUT2D eigenvalue weighted by Gasteiger charge is -2.25. The van der Waals surface area contributed by atoms with Crippen LogP contribution < -0.4 is 0 Å². The minimum Gasteiger partial charge on any atom is -0.507 e. The van der Waals surface area contributed by atoms with E-state index in [0.29, 0.717) is 5.56 Å². The van der Waals surface area contributed by atoms with Crippen LogP contribution in [-0.2, 0) is 16.1 Å². The normalized spacial score (nSPS) is 17.6. The Hall–Kier alpha value is -4.25. The molecule has 2 heterocycles. The van der Waals surface area contributed by atoms with Crippen molar-refractivity contribution >= 4 is 28.2 Å². The molecule has 33 heavy (non-hydrogen) atoms. The Morgan fingerprint density at radius 1 is 0.909 bits per heavy atom. The molecule has 0 saturated carbocycles. The smallest absolute Gasteiger partial charge is 0.295 e. The van der Waals surface area contributed by atoms with Crippen molar-refractivity contribution in [2.45, 2.75) is 19.5 Å². The molecule has 1 fully saturated rings. The van der Waals surface area contributed by atoms with Gasteiger partial charge in [-0.15, -0.1) is 0 Å². The van der Waals surface area contributed by atoms with Gasteiger partial charge >= 0.3 is 0 Å². The number of aryl methyl sites for hydroxylation is 1. The van der Waals surface area contributed by atoms with Crippen LogP contribution in [0.25, 0.3) is 16.5 Å². The van der Waals surface area contributed by atoms with Crippen LogP contribution in [0, 0.1) is 6.92 Å². The van der Waals surface area contributed by atoms with Gasteiger partial charge in [-0.1, -0.05) is 66.2 Å². The van der Waals surface area contributed by atoms with Gasteiger partial charge < -0.3 is 10.0 Å². The molecule has 0 spiro atoms. The number of likely N-dealkylation sites (tertiary alicyclic amines) is 1. The van der Waals surface area contributed by atoms with E-state index >= 15 is 0 Å². The summed E-state index contributed by atoms with van der Waals surface area (Å²) in [6.07, 6.45) is 3.31. The third-order valence-corrected chi connectivity index (χ3v) is 6.02. The van der Waals surface area contributed by atoms with Crippen LogP contribution in [0.4, 0.5) is 0 Å². The fourth-order valence-corrected chi connectivity index (χ4v) is 4.41. The van der Waals surface area contributed by atoms with Crippen LogP contribution in [-0.4, -0.2) is 26.7 Å². The van der Waals surface area contributed by atoms with E-state index in [1.165, 1.54) is 4.90 Å². The number of carbonyl (C=O) groups is 2. The molecule has 1 aliphatic heterocycles. The van der Waals surface area contributed by atoms with Gasteiger partial charge in [0.1, 0.15) is 5.76 Å². The molecule has 3 aromatic carbocycles. The van der Waals surface area contributed by atoms with Crippen LogP contribution in [0.3, 0.4) is 0 Å². The number of aliphatic hydroxyl groups excluding tert-OH is 1. The fraction of sp³-hybridized carbons (Fsp3) is 0.107. The van der Waals surface area contributed by atoms with Crippen molar-refractivity contribution in [3.05, 3.63) is 119 Å². The number of aromatic nitrogens is 1. The van der Waals surface area contributed by atoms with Crippen LogP contribution in [0.1, 0.15) is 28.3 Å². The maximum Gasteiger partial charge on any atom is 0.295 e. The molecule has 1 atom stereocenters. The first-order valence-electron chi connectivity index (χ1n) is 10.8. The summed E-state index contributed by atoms with van der Waals surface area (Å²) in [4.78, 5) is 31.9. The van der Waals surface area contributed by atoms with E-state index in [4.69, 9.17) is 0 Å². The lowest BCUT2D eigenvalue weighted by Crippen LogP contribution is -2.29. The van der Waals surface area contributed by atoms with Crippen LogP contribution >= 0.6 is 0 Å². The number of carbonyl (C=O) groups excluding carboxylic acids is 2. The number of benzene rings is 3. The van der Waals surface area contributed by atoms with Gasteiger partial charge in [0.05, 0.1) is 11.6 Å². The quantitative estimate of drug-likeness (QED) is 0.273. The van der Waals surface area contributed by atoms with Crippen molar-refractivity contribution in [3.63, 3.8) is 0 Å². The summed E-state index contributed by atoms with van der Waals surface area (Å²) < 4.78 is 0. The Morgan fingerprint density at radius 3 is 2.42 bits per heavy atom. The number of pyridine rings is 1. The molecule has 5 rings (SSSR count). The van der Waals surface area contributed by atoms with E-state index in [2.05, 4.69) is 4.98 Å². The van der Waals surface area contributed by atoms with E-state index in [9.17, 15) is 14.7 Å². The highest BCUT2D eigenvalue weighted by Crippen LogP contribution is 2.40. The molecule has 0 aliphatic carbocycles. The molecule has 1 aromatic heterocycles. The van der Waals surface area contributed by atoms with Gasteiger partial charge in [-0.3, -0.25) is 14.6 Å².